The molecule has 0 radical (unpaired) electrons. The maximum atomic E-state index is 5.71. The molecule has 0 saturated carbocycles. The third-order valence-electron chi connectivity index (χ3n) is 3.82. The van der Waals surface area contributed by atoms with Crippen LogP contribution in [-0.2, 0) is 22.6 Å². The van der Waals surface area contributed by atoms with Gasteiger partial charge in [0.1, 0.15) is 0 Å². The molecule has 1 saturated heterocycles. The van der Waals surface area contributed by atoms with Crippen LogP contribution in [0.15, 0.2) is 24.3 Å². The molecule has 0 aromatic heterocycles. The van der Waals surface area contributed by atoms with Crippen LogP contribution in [0.3, 0.4) is 0 Å². The van der Waals surface area contributed by atoms with Crippen molar-refractivity contribution in [2.75, 3.05) is 13.7 Å². The van der Waals surface area contributed by atoms with E-state index in [9.17, 15) is 0 Å². The number of hydrogen-bond acceptors (Lipinski definition) is 3. The third kappa shape index (κ3) is 4.30. The average molecular weight is 263 g/mol. The Morgan fingerprint density at radius 1 is 1.32 bits per heavy atom. The van der Waals surface area contributed by atoms with Crippen molar-refractivity contribution in [1.29, 1.82) is 0 Å². The summed E-state index contributed by atoms with van der Waals surface area (Å²) in [5.41, 5.74) is 2.61. The predicted octanol–water partition coefficient (Wildman–Crippen LogP) is 2.88. The van der Waals surface area contributed by atoms with E-state index in [1.54, 1.807) is 7.11 Å². The van der Waals surface area contributed by atoms with Gasteiger partial charge < -0.3 is 14.8 Å². The van der Waals surface area contributed by atoms with Gasteiger partial charge in [-0.2, -0.15) is 0 Å². The molecule has 1 aromatic carbocycles. The minimum Gasteiger partial charge on any atom is -0.380 e. The molecular formula is C16H25NO2. The van der Waals surface area contributed by atoms with Crippen LogP contribution in [-0.4, -0.2) is 25.9 Å². The molecule has 1 heterocycles. The van der Waals surface area contributed by atoms with Crippen molar-refractivity contribution in [2.24, 2.45) is 0 Å². The zero-order chi connectivity index (χ0) is 13.5. The average Bonchev–Trinajstić information content (AvgIpc) is 2.47. The van der Waals surface area contributed by atoms with Gasteiger partial charge in [-0.3, -0.25) is 0 Å². The fourth-order valence-electron chi connectivity index (χ4n) is 2.63. The Morgan fingerprint density at radius 3 is 2.84 bits per heavy atom. The van der Waals surface area contributed by atoms with E-state index in [4.69, 9.17) is 9.47 Å². The van der Waals surface area contributed by atoms with Gasteiger partial charge in [0.25, 0.3) is 0 Å². The van der Waals surface area contributed by atoms with Gasteiger partial charge in [-0.1, -0.05) is 31.2 Å². The van der Waals surface area contributed by atoms with Gasteiger partial charge in [0.05, 0.1) is 12.7 Å². The van der Waals surface area contributed by atoms with E-state index in [2.05, 4.69) is 36.5 Å². The molecule has 1 aliphatic heterocycles. The highest BCUT2D eigenvalue weighted by molar-refractivity contribution is 5.26. The standard InChI is InChI=1S/C16H25NO2/c1-3-16-10-15(8-9-19-16)17-11-13-6-4-5-7-14(13)12-18-2/h4-7,15-17H,3,8-12H2,1-2H3. The van der Waals surface area contributed by atoms with Crippen LogP contribution in [0.2, 0.25) is 0 Å². The molecule has 106 valence electrons. The molecule has 3 heteroatoms. The van der Waals surface area contributed by atoms with Crippen LogP contribution in [0.4, 0.5) is 0 Å². The Balaban J connectivity index is 1.87. The SMILES string of the molecule is CCC1CC(NCc2ccccc2COC)CCO1. The van der Waals surface area contributed by atoms with Crippen molar-refractivity contribution in [3.63, 3.8) is 0 Å². The second-order valence-corrected chi connectivity index (χ2v) is 5.20. The molecule has 0 bridgehead atoms. The summed E-state index contributed by atoms with van der Waals surface area (Å²) in [7, 11) is 1.74. The first-order valence-electron chi connectivity index (χ1n) is 7.24. The molecule has 2 rings (SSSR count). The number of benzene rings is 1. The van der Waals surface area contributed by atoms with Crippen molar-refractivity contribution in [3.05, 3.63) is 35.4 Å². The summed E-state index contributed by atoms with van der Waals surface area (Å²) in [6.45, 7) is 4.68. The zero-order valence-electron chi connectivity index (χ0n) is 12.0. The van der Waals surface area contributed by atoms with Gasteiger partial charge in [-0.25, -0.2) is 0 Å². The van der Waals surface area contributed by atoms with Crippen molar-refractivity contribution < 1.29 is 9.47 Å². The summed E-state index contributed by atoms with van der Waals surface area (Å²) in [5, 5.41) is 3.67. The van der Waals surface area contributed by atoms with E-state index in [1.807, 2.05) is 0 Å². The van der Waals surface area contributed by atoms with Crippen molar-refractivity contribution in [3.8, 4) is 0 Å². The lowest BCUT2D eigenvalue weighted by Gasteiger charge is -2.30. The van der Waals surface area contributed by atoms with Crippen molar-refractivity contribution in [1.82, 2.24) is 5.32 Å². The largest absolute Gasteiger partial charge is 0.380 e. The monoisotopic (exact) mass is 263 g/mol. The van der Waals surface area contributed by atoms with Crippen LogP contribution >= 0.6 is 0 Å². The fourth-order valence-corrected chi connectivity index (χ4v) is 2.63. The highest BCUT2D eigenvalue weighted by Gasteiger charge is 2.20. The van der Waals surface area contributed by atoms with E-state index in [0.717, 1.165) is 32.4 Å². The van der Waals surface area contributed by atoms with E-state index in [-0.39, 0.29) is 0 Å². The lowest BCUT2D eigenvalue weighted by atomic mass is 10.0. The normalized spacial score (nSPS) is 23.5. The lowest BCUT2D eigenvalue weighted by molar-refractivity contribution is -0.000344. The summed E-state index contributed by atoms with van der Waals surface area (Å²) in [6, 6.07) is 9.06. The van der Waals surface area contributed by atoms with Gasteiger partial charge in [-0.05, 0) is 30.4 Å². The second-order valence-electron chi connectivity index (χ2n) is 5.20. The van der Waals surface area contributed by atoms with Gasteiger partial charge in [0, 0.05) is 26.3 Å². The van der Waals surface area contributed by atoms with Crippen molar-refractivity contribution in [2.45, 2.75) is 51.5 Å². The fraction of sp³-hybridized carbons (Fsp3) is 0.625. The smallest absolute Gasteiger partial charge is 0.0716 e. The quantitative estimate of drug-likeness (QED) is 0.856. The van der Waals surface area contributed by atoms with Crippen LogP contribution in [0.5, 0.6) is 0 Å². The summed E-state index contributed by atoms with van der Waals surface area (Å²) >= 11 is 0. The van der Waals surface area contributed by atoms with Gasteiger partial charge in [0.2, 0.25) is 0 Å². The Bertz CT molecular complexity index is 381. The molecular weight excluding hydrogens is 238 g/mol. The van der Waals surface area contributed by atoms with Crippen molar-refractivity contribution >= 4 is 0 Å². The zero-order valence-corrected chi connectivity index (χ0v) is 12.0. The van der Waals surface area contributed by atoms with Gasteiger partial charge in [0.15, 0.2) is 0 Å². The van der Waals surface area contributed by atoms with Gasteiger partial charge >= 0.3 is 0 Å². The molecule has 2 atom stereocenters. The Morgan fingerprint density at radius 2 is 2.11 bits per heavy atom. The molecule has 0 spiro atoms. The molecule has 19 heavy (non-hydrogen) atoms. The van der Waals surface area contributed by atoms with Crippen LogP contribution in [0, 0.1) is 0 Å². The highest BCUT2D eigenvalue weighted by Crippen LogP contribution is 2.17. The maximum Gasteiger partial charge on any atom is 0.0716 e. The van der Waals surface area contributed by atoms with E-state index in [1.165, 1.54) is 11.1 Å². The molecule has 0 aliphatic carbocycles. The maximum absolute atomic E-state index is 5.71. The Labute approximate surface area is 116 Å². The Hall–Kier alpha value is -0.900. The third-order valence-corrected chi connectivity index (χ3v) is 3.82. The Kier molecular flexibility index (Phi) is 5.83. The summed E-state index contributed by atoms with van der Waals surface area (Å²) < 4.78 is 11.0. The van der Waals surface area contributed by atoms with E-state index >= 15 is 0 Å². The number of rotatable bonds is 6. The molecule has 2 unspecified atom stereocenters. The number of ether oxygens (including phenoxy) is 2. The highest BCUT2D eigenvalue weighted by atomic mass is 16.5. The molecule has 1 N–H and O–H groups in total. The first-order chi connectivity index (χ1) is 9.33. The van der Waals surface area contributed by atoms with Crippen LogP contribution in [0.25, 0.3) is 0 Å². The summed E-state index contributed by atoms with van der Waals surface area (Å²) in [5.74, 6) is 0. The minimum absolute atomic E-state index is 0.431. The minimum atomic E-state index is 0.431. The first kappa shape index (κ1) is 14.5. The first-order valence-corrected chi connectivity index (χ1v) is 7.24. The molecule has 3 nitrogen and oxygen atoms in total. The summed E-state index contributed by atoms with van der Waals surface area (Å²) in [4.78, 5) is 0. The molecule has 1 aliphatic rings. The van der Waals surface area contributed by atoms with E-state index in [0.29, 0.717) is 18.8 Å². The van der Waals surface area contributed by atoms with Gasteiger partial charge in [-0.15, -0.1) is 0 Å². The second kappa shape index (κ2) is 7.63. The lowest BCUT2D eigenvalue weighted by Crippen LogP contribution is -2.38. The molecule has 1 aromatic rings. The predicted molar refractivity (Wildman–Crippen MR) is 77.0 cm³/mol. The summed E-state index contributed by atoms with van der Waals surface area (Å²) in [6.07, 6.45) is 3.78. The van der Waals surface area contributed by atoms with Crippen LogP contribution < -0.4 is 5.32 Å². The number of hydrogen-bond donors (Lipinski definition) is 1. The van der Waals surface area contributed by atoms with E-state index < -0.39 is 0 Å². The topological polar surface area (TPSA) is 30.5 Å². The number of nitrogens with one attached hydrogen (secondary N) is 1. The molecule has 1 fully saturated rings. The molecule has 0 amide bonds. The van der Waals surface area contributed by atoms with Crippen LogP contribution in [0.1, 0.15) is 37.3 Å². The number of methoxy groups -OCH3 is 1.